The van der Waals surface area contributed by atoms with Crippen molar-refractivity contribution in [1.29, 1.82) is 0 Å². The Bertz CT molecular complexity index is 710. The summed E-state index contributed by atoms with van der Waals surface area (Å²) in [6, 6.07) is 3.70. The number of rotatable bonds is 3. The van der Waals surface area contributed by atoms with Crippen LogP contribution >= 0.6 is 0 Å². The summed E-state index contributed by atoms with van der Waals surface area (Å²) in [7, 11) is 0. The molecule has 3 heterocycles. The minimum Gasteiger partial charge on any atom is -0.341 e. The first-order valence-electron chi connectivity index (χ1n) is 8.19. The van der Waals surface area contributed by atoms with Crippen molar-refractivity contribution in [3.63, 3.8) is 0 Å². The van der Waals surface area contributed by atoms with E-state index in [0.717, 1.165) is 37.8 Å². The van der Waals surface area contributed by atoms with Crippen LogP contribution in [0.4, 0.5) is 0 Å². The van der Waals surface area contributed by atoms with Crippen LogP contribution in [0, 0.1) is 5.92 Å². The van der Waals surface area contributed by atoms with Crippen LogP contribution in [0.25, 0.3) is 11.5 Å². The van der Waals surface area contributed by atoms with Crippen molar-refractivity contribution < 1.29 is 9.32 Å². The minimum atomic E-state index is -0.239. The zero-order valence-electron chi connectivity index (χ0n) is 13.2. The van der Waals surface area contributed by atoms with Gasteiger partial charge in [0.2, 0.25) is 5.91 Å². The molecule has 6 heteroatoms. The second-order valence-electron chi connectivity index (χ2n) is 6.86. The van der Waals surface area contributed by atoms with Crippen LogP contribution in [0.5, 0.6) is 0 Å². The van der Waals surface area contributed by atoms with Gasteiger partial charge in [-0.1, -0.05) is 12.1 Å². The smallest absolute Gasteiger partial charge is 0.258 e. The summed E-state index contributed by atoms with van der Waals surface area (Å²) < 4.78 is 5.43. The van der Waals surface area contributed by atoms with Gasteiger partial charge < -0.3 is 9.42 Å². The molecular formula is C17H20N4O2. The largest absolute Gasteiger partial charge is 0.341 e. The maximum atomic E-state index is 12.4. The number of nitrogens with zero attached hydrogens (tertiary/aromatic N) is 4. The zero-order valence-corrected chi connectivity index (χ0v) is 13.2. The maximum absolute atomic E-state index is 12.4. The summed E-state index contributed by atoms with van der Waals surface area (Å²) in [5.74, 6) is 1.76. The number of pyridine rings is 1. The van der Waals surface area contributed by atoms with Gasteiger partial charge in [-0.15, -0.1) is 0 Å². The molecule has 23 heavy (non-hydrogen) atoms. The van der Waals surface area contributed by atoms with E-state index in [1.54, 1.807) is 12.4 Å². The third kappa shape index (κ3) is 2.73. The molecule has 6 nitrogen and oxygen atoms in total. The van der Waals surface area contributed by atoms with E-state index in [2.05, 4.69) is 22.0 Å². The predicted molar refractivity (Wildman–Crippen MR) is 83.4 cm³/mol. The van der Waals surface area contributed by atoms with E-state index in [1.165, 1.54) is 0 Å². The second kappa shape index (κ2) is 5.44. The fourth-order valence-electron chi connectivity index (χ4n) is 3.28. The van der Waals surface area contributed by atoms with E-state index in [1.807, 2.05) is 17.0 Å². The molecule has 2 aliphatic rings. The molecule has 1 unspecified atom stereocenters. The molecule has 0 radical (unpaired) electrons. The molecule has 0 N–H and O–H groups in total. The van der Waals surface area contributed by atoms with Crippen LogP contribution in [-0.4, -0.2) is 39.0 Å². The Morgan fingerprint density at radius 2 is 2.13 bits per heavy atom. The summed E-state index contributed by atoms with van der Waals surface area (Å²) in [6.45, 7) is 3.65. The van der Waals surface area contributed by atoms with E-state index in [-0.39, 0.29) is 11.3 Å². The first-order valence-corrected chi connectivity index (χ1v) is 8.19. The van der Waals surface area contributed by atoms with E-state index in [4.69, 9.17) is 4.52 Å². The van der Waals surface area contributed by atoms with E-state index in [0.29, 0.717) is 24.2 Å². The molecule has 1 saturated heterocycles. The molecule has 1 aliphatic carbocycles. The average Bonchev–Trinajstić information content (AvgIpc) is 3.30. The first-order chi connectivity index (χ1) is 11.2. The fraction of sp³-hybridized carbons (Fsp3) is 0.529. The molecule has 2 fully saturated rings. The van der Waals surface area contributed by atoms with Gasteiger partial charge in [0.1, 0.15) is 0 Å². The number of likely N-dealkylation sites (tertiary alicyclic amines) is 1. The Hall–Kier alpha value is -2.24. The average molecular weight is 312 g/mol. The molecular weight excluding hydrogens is 292 g/mol. The van der Waals surface area contributed by atoms with Gasteiger partial charge in [-0.2, -0.15) is 4.98 Å². The molecule has 120 valence electrons. The number of carbonyl (C=O) groups is 1. The Kier molecular flexibility index (Phi) is 3.39. The summed E-state index contributed by atoms with van der Waals surface area (Å²) in [5.41, 5.74) is 0.626. The topological polar surface area (TPSA) is 72.1 Å². The summed E-state index contributed by atoms with van der Waals surface area (Å²) in [6.07, 6.45) is 7.45. The van der Waals surface area contributed by atoms with Crippen molar-refractivity contribution in [3.05, 3.63) is 30.4 Å². The van der Waals surface area contributed by atoms with Gasteiger partial charge in [-0.25, -0.2) is 0 Å². The van der Waals surface area contributed by atoms with Crippen LogP contribution in [0.3, 0.4) is 0 Å². The highest BCUT2D eigenvalue weighted by Crippen LogP contribution is 2.37. The Balaban J connectivity index is 1.56. The SMILES string of the molecule is CC1(c2noc(-c3ccncc3)n2)CCCN(C(=O)C2CC2)C1. The van der Waals surface area contributed by atoms with Gasteiger partial charge >= 0.3 is 0 Å². The minimum absolute atomic E-state index is 0.239. The second-order valence-corrected chi connectivity index (χ2v) is 6.86. The molecule has 2 aromatic heterocycles. The molecule has 1 saturated carbocycles. The molecule has 0 aromatic carbocycles. The van der Waals surface area contributed by atoms with Gasteiger partial charge in [-0.05, 0) is 37.8 Å². The standard InChI is InChI=1S/C17H20N4O2/c1-17(7-2-10-21(11-17)15(22)13-3-4-13)16-19-14(23-20-16)12-5-8-18-9-6-12/h5-6,8-9,13H,2-4,7,10-11H2,1H3. The lowest BCUT2D eigenvalue weighted by molar-refractivity contribution is -0.134. The van der Waals surface area contributed by atoms with Crippen molar-refractivity contribution in [2.24, 2.45) is 5.92 Å². The van der Waals surface area contributed by atoms with Crippen LogP contribution in [-0.2, 0) is 10.2 Å². The maximum Gasteiger partial charge on any atom is 0.258 e. The molecule has 1 amide bonds. The molecule has 0 bridgehead atoms. The highest BCUT2D eigenvalue weighted by molar-refractivity contribution is 5.81. The van der Waals surface area contributed by atoms with E-state index in [9.17, 15) is 4.79 Å². The zero-order chi connectivity index (χ0) is 15.9. The van der Waals surface area contributed by atoms with Gasteiger partial charge in [0.25, 0.3) is 5.89 Å². The Morgan fingerprint density at radius 1 is 1.35 bits per heavy atom. The highest BCUT2D eigenvalue weighted by Gasteiger charge is 2.41. The van der Waals surface area contributed by atoms with E-state index < -0.39 is 0 Å². The van der Waals surface area contributed by atoms with Crippen molar-refractivity contribution in [2.45, 2.75) is 38.0 Å². The van der Waals surface area contributed by atoms with Gasteiger partial charge in [0, 0.05) is 42.4 Å². The van der Waals surface area contributed by atoms with Gasteiger partial charge in [0.05, 0.1) is 0 Å². The van der Waals surface area contributed by atoms with Crippen molar-refractivity contribution in [2.75, 3.05) is 13.1 Å². The fourth-order valence-corrected chi connectivity index (χ4v) is 3.28. The van der Waals surface area contributed by atoms with E-state index >= 15 is 0 Å². The molecule has 2 aromatic rings. The van der Waals surface area contributed by atoms with Crippen molar-refractivity contribution in [3.8, 4) is 11.5 Å². The third-order valence-corrected chi connectivity index (χ3v) is 4.83. The lowest BCUT2D eigenvalue weighted by atomic mass is 9.81. The Labute approximate surface area is 134 Å². The highest BCUT2D eigenvalue weighted by atomic mass is 16.5. The van der Waals surface area contributed by atoms with Crippen molar-refractivity contribution >= 4 is 5.91 Å². The lowest BCUT2D eigenvalue weighted by Crippen LogP contribution is -2.48. The number of hydrogen-bond acceptors (Lipinski definition) is 5. The third-order valence-electron chi connectivity index (χ3n) is 4.83. The monoisotopic (exact) mass is 312 g/mol. The number of hydrogen-bond donors (Lipinski definition) is 0. The lowest BCUT2D eigenvalue weighted by Gasteiger charge is -2.38. The number of aromatic nitrogens is 3. The first kappa shape index (κ1) is 14.4. The Morgan fingerprint density at radius 3 is 2.87 bits per heavy atom. The molecule has 1 aliphatic heterocycles. The number of amides is 1. The molecule has 4 rings (SSSR count). The van der Waals surface area contributed by atoms with Crippen LogP contribution in [0.2, 0.25) is 0 Å². The summed E-state index contributed by atoms with van der Waals surface area (Å²) >= 11 is 0. The molecule has 1 atom stereocenters. The van der Waals surface area contributed by atoms with Crippen molar-refractivity contribution in [1.82, 2.24) is 20.0 Å². The summed E-state index contributed by atoms with van der Waals surface area (Å²) in [5, 5.41) is 4.20. The van der Waals surface area contributed by atoms with Gasteiger partial charge in [0.15, 0.2) is 5.82 Å². The van der Waals surface area contributed by atoms with Gasteiger partial charge in [-0.3, -0.25) is 9.78 Å². The quantitative estimate of drug-likeness (QED) is 0.870. The molecule has 0 spiro atoms. The number of carbonyl (C=O) groups excluding carboxylic acids is 1. The van der Waals surface area contributed by atoms with Crippen LogP contribution < -0.4 is 0 Å². The van der Waals surface area contributed by atoms with Crippen LogP contribution in [0.15, 0.2) is 29.0 Å². The normalized spacial score (nSPS) is 24.7. The predicted octanol–water partition coefficient (Wildman–Crippen LogP) is 2.42. The summed E-state index contributed by atoms with van der Waals surface area (Å²) in [4.78, 5) is 22.9. The number of piperidine rings is 1. The van der Waals surface area contributed by atoms with Crippen LogP contribution in [0.1, 0.15) is 38.4 Å².